The summed E-state index contributed by atoms with van der Waals surface area (Å²) in [4.78, 5) is 4.14. The fraction of sp³-hybridized carbons (Fsp3) is 0.214. The van der Waals surface area contributed by atoms with Crippen LogP contribution in [0.4, 0.5) is 5.82 Å². The standard InChI is InChI=1S/C14H14Cl2N2O2/c1-19-12-4-3-9(5-13(12)20-2)7-17-14-11(16)6-10(15)8-18-14/h3-6,8H,7H2,1-2H3,(H,17,18). The maximum Gasteiger partial charge on any atom is 0.161 e. The second-order valence-corrected chi connectivity index (χ2v) is 4.87. The van der Waals surface area contributed by atoms with Crippen LogP contribution in [0.2, 0.25) is 10.0 Å². The molecule has 4 nitrogen and oxygen atoms in total. The van der Waals surface area contributed by atoms with E-state index in [0.29, 0.717) is 33.9 Å². The SMILES string of the molecule is COc1ccc(CNc2ncc(Cl)cc2Cl)cc1OC. The molecule has 0 radical (unpaired) electrons. The third-order valence-electron chi connectivity index (χ3n) is 2.72. The summed E-state index contributed by atoms with van der Waals surface area (Å²) in [6, 6.07) is 7.34. The number of nitrogens with zero attached hydrogens (tertiary/aromatic N) is 1. The van der Waals surface area contributed by atoms with Gasteiger partial charge in [-0.05, 0) is 23.8 Å². The van der Waals surface area contributed by atoms with Crippen molar-refractivity contribution in [1.29, 1.82) is 0 Å². The predicted molar refractivity (Wildman–Crippen MR) is 81.1 cm³/mol. The lowest BCUT2D eigenvalue weighted by molar-refractivity contribution is 0.354. The minimum absolute atomic E-state index is 0.484. The van der Waals surface area contributed by atoms with Crippen LogP contribution < -0.4 is 14.8 Å². The molecule has 2 rings (SSSR count). The first kappa shape index (κ1) is 14.8. The number of anilines is 1. The van der Waals surface area contributed by atoms with Gasteiger partial charge < -0.3 is 14.8 Å². The summed E-state index contributed by atoms with van der Waals surface area (Å²) in [7, 11) is 3.21. The molecule has 0 saturated carbocycles. The summed E-state index contributed by atoms with van der Waals surface area (Å²) in [5.74, 6) is 1.96. The molecule has 20 heavy (non-hydrogen) atoms. The number of aromatic nitrogens is 1. The van der Waals surface area contributed by atoms with Crippen molar-refractivity contribution in [3.05, 3.63) is 46.1 Å². The summed E-state index contributed by atoms with van der Waals surface area (Å²) in [6.07, 6.45) is 1.55. The van der Waals surface area contributed by atoms with E-state index in [1.165, 1.54) is 0 Å². The van der Waals surface area contributed by atoms with Crippen LogP contribution in [-0.2, 0) is 6.54 Å². The average molecular weight is 313 g/mol. The third kappa shape index (κ3) is 3.46. The van der Waals surface area contributed by atoms with Crippen molar-refractivity contribution >= 4 is 29.0 Å². The monoisotopic (exact) mass is 312 g/mol. The van der Waals surface area contributed by atoms with Gasteiger partial charge in [-0.15, -0.1) is 0 Å². The summed E-state index contributed by atoms with van der Waals surface area (Å²) >= 11 is 11.8. The van der Waals surface area contributed by atoms with E-state index in [1.54, 1.807) is 26.5 Å². The molecule has 1 N–H and O–H groups in total. The van der Waals surface area contributed by atoms with E-state index in [4.69, 9.17) is 32.7 Å². The largest absolute Gasteiger partial charge is 0.493 e. The summed E-state index contributed by atoms with van der Waals surface area (Å²) in [6.45, 7) is 0.564. The van der Waals surface area contributed by atoms with Gasteiger partial charge in [0, 0.05) is 12.7 Å². The van der Waals surface area contributed by atoms with Crippen molar-refractivity contribution in [2.75, 3.05) is 19.5 Å². The van der Waals surface area contributed by atoms with Gasteiger partial charge in [-0.1, -0.05) is 29.3 Å². The van der Waals surface area contributed by atoms with Crippen LogP contribution in [0.3, 0.4) is 0 Å². The molecule has 1 aromatic heterocycles. The average Bonchev–Trinajstić information content (AvgIpc) is 2.46. The van der Waals surface area contributed by atoms with Crippen LogP contribution in [0, 0.1) is 0 Å². The first-order chi connectivity index (χ1) is 9.63. The lowest BCUT2D eigenvalue weighted by Gasteiger charge is -2.11. The number of methoxy groups -OCH3 is 2. The zero-order valence-corrected chi connectivity index (χ0v) is 12.6. The van der Waals surface area contributed by atoms with Gasteiger partial charge in [0.25, 0.3) is 0 Å². The number of hydrogen-bond donors (Lipinski definition) is 1. The predicted octanol–water partition coefficient (Wildman–Crippen LogP) is 4.02. The molecule has 0 aliphatic heterocycles. The fourth-order valence-electron chi connectivity index (χ4n) is 1.72. The maximum absolute atomic E-state index is 6.05. The topological polar surface area (TPSA) is 43.4 Å². The Kier molecular flexibility index (Phi) is 4.93. The Hall–Kier alpha value is -1.65. The van der Waals surface area contributed by atoms with E-state index >= 15 is 0 Å². The molecule has 2 aromatic rings. The molecule has 0 fully saturated rings. The molecule has 106 valence electrons. The van der Waals surface area contributed by atoms with E-state index in [1.807, 2.05) is 18.2 Å². The number of nitrogens with one attached hydrogen (secondary N) is 1. The van der Waals surface area contributed by atoms with Gasteiger partial charge in [0.15, 0.2) is 11.5 Å². The molecule has 6 heteroatoms. The molecule has 0 spiro atoms. The first-order valence-corrected chi connectivity index (χ1v) is 6.65. The fourth-order valence-corrected chi connectivity index (χ4v) is 2.17. The Labute approximate surface area is 127 Å². The van der Waals surface area contributed by atoms with Crippen LogP contribution >= 0.6 is 23.2 Å². The molecule has 0 atom stereocenters. The van der Waals surface area contributed by atoms with E-state index in [9.17, 15) is 0 Å². The molecule has 0 bridgehead atoms. The number of halogens is 2. The molecule has 1 heterocycles. The van der Waals surface area contributed by atoms with Gasteiger partial charge in [-0.3, -0.25) is 0 Å². The van der Waals surface area contributed by atoms with E-state index in [2.05, 4.69) is 10.3 Å². The molecular weight excluding hydrogens is 299 g/mol. The van der Waals surface area contributed by atoms with Crippen molar-refractivity contribution in [3.63, 3.8) is 0 Å². The molecule has 0 aliphatic rings. The van der Waals surface area contributed by atoms with Crippen molar-refractivity contribution < 1.29 is 9.47 Å². The minimum atomic E-state index is 0.484. The van der Waals surface area contributed by atoms with Crippen molar-refractivity contribution in [1.82, 2.24) is 4.98 Å². The highest BCUT2D eigenvalue weighted by molar-refractivity contribution is 6.35. The molecule has 0 saturated heterocycles. The van der Waals surface area contributed by atoms with Crippen LogP contribution in [0.25, 0.3) is 0 Å². The Bertz CT molecular complexity index is 606. The van der Waals surface area contributed by atoms with Gasteiger partial charge in [-0.25, -0.2) is 4.98 Å². The Balaban J connectivity index is 2.10. The Morgan fingerprint density at radius 1 is 1.10 bits per heavy atom. The van der Waals surface area contributed by atoms with Crippen LogP contribution in [0.5, 0.6) is 11.5 Å². The maximum atomic E-state index is 6.05. The second-order valence-electron chi connectivity index (χ2n) is 4.03. The van der Waals surface area contributed by atoms with Crippen LogP contribution in [-0.4, -0.2) is 19.2 Å². The van der Waals surface area contributed by atoms with Crippen molar-refractivity contribution in [2.45, 2.75) is 6.54 Å². The van der Waals surface area contributed by atoms with E-state index in [0.717, 1.165) is 5.56 Å². The van der Waals surface area contributed by atoms with Crippen LogP contribution in [0.1, 0.15) is 5.56 Å². The quantitative estimate of drug-likeness (QED) is 0.905. The molecule has 0 amide bonds. The number of rotatable bonds is 5. The number of ether oxygens (including phenoxy) is 2. The van der Waals surface area contributed by atoms with Crippen LogP contribution in [0.15, 0.2) is 30.5 Å². The van der Waals surface area contributed by atoms with E-state index in [-0.39, 0.29) is 0 Å². The van der Waals surface area contributed by atoms with Gasteiger partial charge in [0.1, 0.15) is 5.82 Å². The summed E-state index contributed by atoms with van der Waals surface area (Å²) in [5.41, 5.74) is 1.02. The zero-order chi connectivity index (χ0) is 14.5. The zero-order valence-electron chi connectivity index (χ0n) is 11.1. The number of pyridine rings is 1. The first-order valence-electron chi connectivity index (χ1n) is 5.90. The lowest BCUT2D eigenvalue weighted by atomic mass is 10.2. The van der Waals surface area contributed by atoms with Gasteiger partial charge in [0.2, 0.25) is 0 Å². The highest BCUT2D eigenvalue weighted by Crippen LogP contribution is 2.28. The number of hydrogen-bond acceptors (Lipinski definition) is 4. The summed E-state index contributed by atoms with van der Waals surface area (Å²) < 4.78 is 10.4. The highest BCUT2D eigenvalue weighted by Gasteiger charge is 2.06. The smallest absolute Gasteiger partial charge is 0.161 e. The molecular formula is C14H14Cl2N2O2. The van der Waals surface area contributed by atoms with Gasteiger partial charge in [0.05, 0.1) is 24.3 Å². The van der Waals surface area contributed by atoms with Gasteiger partial charge >= 0.3 is 0 Å². The second kappa shape index (κ2) is 6.68. The molecule has 0 unspecified atom stereocenters. The molecule has 1 aromatic carbocycles. The highest BCUT2D eigenvalue weighted by atomic mass is 35.5. The van der Waals surface area contributed by atoms with E-state index < -0.39 is 0 Å². The normalized spacial score (nSPS) is 10.2. The molecule has 0 aliphatic carbocycles. The lowest BCUT2D eigenvalue weighted by Crippen LogP contribution is -2.02. The van der Waals surface area contributed by atoms with Crippen molar-refractivity contribution in [2.24, 2.45) is 0 Å². The minimum Gasteiger partial charge on any atom is -0.493 e. The number of benzene rings is 1. The van der Waals surface area contributed by atoms with Gasteiger partial charge in [-0.2, -0.15) is 0 Å². The summed E-state index contributed by atoms with van der Waals surface area (Å²) in [5, 5.41) is 4.14. The van der Waals surface area contributed by atoms with Crippen molar-refractivity contribution in [3.8, 4) is 11.5 Å². The third-order valence-corrected chi connectivity index (χ3v) is 3.21. The Morgan fingerprint density at radius 2 is 1.85 bits per heavy atom. The Morgan fingerprint density at radius 3 is 2.50 bits per heavy atom.